The molecule has 2 N–H and O–H groups in total. The lowest BCUT2D eigenvalue weighted by molar-refractivity contribution is -0.384. The summed E-state index contributed by atoms with van der Waals surface area (Å²) < 4.78 is 5.34. The van der Waals surface area contributed by atoms with Gasteiger partial charge in [0.15, 0.2) is 0 Å². The number of nitro groups is 1. The van der Waals surface area contributed by atoms with Crippen molar-refractivity contribution in [3.63, 3.8) is 0 Å². The summed E-state index contributed by atoms with van der Waals surface area (Å²) in [6.45, 7) is 5.38. The second-order valence-corrected chi connectivity index (χ2v) is 5.33. The number of nitrogens with zero attached hydrogens (tertiary/aromatic N) is 1. The van der Waals surface area contributed by atoms with Gasteiger partial charge in [-0.3, -0.25) is 19.7 Å². The van der Waals surface area contributed by atoms with Crippen molar-refractivity contribution in [3.8, 4) is 0 Å². The molecular formula is C16H17N3O5. The van der Waals surface area contributed by atoms with Crippen molar-refractivity contribution in [3.05, 3.63) is 57.0 Å². The Morgan fingerprint density at radius 3 is 2.46 bits per heavy atom. The monoisotopic (exact) mass is 331 g/mol. The van der Waals surface area contributed by atoms with Crippen molar-refractivity contribution in [2.45, 2.75) is 27.3 Å². The van der Waals surface area contributed by atoms with Crippen LogP contribution in [0.2, 0.25) is 0 Å². The smallest absolute Gasteiger partial charge is 0.313 e. The number of nitro benzene ring substituents is 1. The first-order chi connectivity index (χ1) is 11.3. The lowest BCUT2D eigenvalue weighted by Crippen LogP contribution is -2.35. The summed E-state index contributed by atoms with van der Waals surface area (Å²) >= 11 is 0. The van der Waals surface area contributed by atoms with Gasteiger partial charge < -0.3 is 15.1 Å². The van der Waals surface area contributed by atoms with Crippen LogP contribution in [0.15, 0.2) is 28.7 Å². The van der Waals surface area contributed by atoms with Gasteiger partial charge in [0.05, 0.1) is 10.6 Å². The molecule has 0 saturated carbocycles. The van der Waals surface area contributed by atoms with Gasteiger partial charge in [0.2, 0.25) is 0 Å². The van der Waals surface area contributed by atoms with Gasteiger partial charge in [0.1, 0.15) is 11.5 Å². The molecule has 0 fully saturated rings. The number of amides is 2. The molecule has 2 amide bonds. The van der Waals surface area contributed by atoms with Gasteiger partial charge in [-0.2, -0.15) is 0 Å². The Balaban J connectivity index is 2.01. The van der Waals surface area contributed by atoms with Gasteiger partial charge >= 0.3 is 11.8 Å². The predicted molar refractivity (Wildman–Crippen MR) is 86.5 cm³/mol. The molecule has 0 unspecified atom stereocenters. The zero-order chi connectivity index (χ0) is 17.9. The Hall–Kier alpha value is -3.16. The summed E-state index contributed by atoms with van der Waals surface area (Å²) in [5.41, 5.74) is 1.45. The van der Waals surface area contributed by atoms with E-state index in [4.69, 9.17) is 4.42 Å². The average molecular weight is 331 g/mol. The van der Waals surface area contributed by atoms with Crippen LogP contribution in [-0.2, 0) is 16.1 Å². The number of hydrogen-bond acceptors (Lipinski definition) is 5. The van der Waals surface area contributed by atoms with E-state index >= 15 is 0 Å². The summed E-state index contributed by atoms with van der Waals surface area (Å²) in [6, 6.07) is 5.82. The van der Waals surface area contributed by atoms with E-state index in [9.17, 15) is 19.7 Å². The fourth-order valence-corrected chi connectivity index (χ4v) is 2.15. The minimum Gasteiger partial charge on any atom is -0.466 e. The van der Waals surface area contributed by atoms with Crippen LogP contribution in [-0.4, -0.2) is 16.7 Å². The summed E-state index contributed by atoms with van der Waals surface area (Å²) in [6.07, 6.45) is 0. The lowest BCUT2D eigenvalue weighted by Gasteiger charge is -2.08. The molecule has 0 atom stereocenters. The Morgan fingerprint density at radius 2 is 1.88 bits per heavy atom. The minimum absolute atomic E-state index is 0.156. The quantitative estimate of drug-likeness (QED) is 0.507. The molecular weight excluding hydrogens is 314 g/mol. The molecule has 8 nitrogen and oxygen atoms in total. The van der Waals surface area contributed by atoms with Gasteiger partial charge in [-0.05, 0) is 32.4 Å². The summed E-state index contributed by atoms with van der Waals surface area (Å²) in [5.74, 6) is -0.341. The molecule has 0 saturated heterocycles. The third-order valence-corrected chi connectivity index (χ3v) is 3.47. The molecule has 2 aromatic rings. The molecule has 0 spiro atoms. The van der Waals surface area contributed by atoms with E-state index in [1.54, 1.807) is 26.8 Å². The van der Waals surface area contributed by atoms with Crippen LogP contribution in [0.3, 0.4) is 0 Å². The van der Waals surface area contributed by atoms with Crippen molar-refractivity contribution < 1.29 is 18.9 Å². The zero-order valence-electron chi connectivity index (χ0n) is 13.5. The second-order valence-electron chi connectivity index (χ2n) is 5.33. The highest BCUT2D eigenvalue weighted by Gasteiger charge is 2.17. The van der Waals surface area contributed by atoms with E-state index in [0.29, 0.717) is 17.1 Å². The number of anilines is 1. The second kappa shape index (κ2) is 6.95. The van der Waals surface area contributed by atoms with Crippen molar-refractivity contribution in [1.82, 2.24) is 5.32 Å². The molecule has 24 heavy (non-hydrogen) atoms. The number of carbonyl (C=O) groups is 2. The zero-order valence-corrected chi connectivity index (χ0v) is 13.5. The van der Waals surface area contributed by atoms with Crippen LogP contribution in [0.5, 0.6) is 0 Å². The number of carbonyl (C=O) groups excluding carboxylic acids is 2. The molecule has 0 aliphatic carbocycles. The molecule has 1 heterocycles. The largest absolute Gasteiger partial charge is 0.466 e. The number of aryl methyl sites for hydroxylation is 3. The highest BCUT2D eigenvalue weighted by Crippen LogP contribution is 2.21. The summed E-state index contributed by atoms with van der Waals surface area (Å²) in [7, 11) is 0. The molecule has 0 aliphatic rings. The molecule has 126 valence electrons. The van der Waals surface area contributed by atoms with Crippen LogP contribution in [0.25, 0.3) is 0 Å². The Labute approximate surface area is 138 Å². The van der Waals surface area contributed by atoms with Gasteiger partial charge in [0.25, 0.3) is 5.69 Å². The summed E-state index contributed by atoms with van der Waals surface area (Å²) in [4.78, 5) is 34.0. The first kappa shape index (κ1) is 17.2. The van der Waals surface area contributed by atoms with E-state index in [1.165, 1.54) is 18.2 Å². The fraction of sp³-hybridized carbons (Fsp3) is 0.250. The molecule has 0 radical (unpaired) electrons. The SMILES string of the molecule is Cc1cc(CNC(=O)C(=O)Nc2cc([N+](=O)[O-])ccc2C)c(C)o1. The third-order valence-electron chi connectivity index (χ3n) is 3.47. The van der Waals surface area contributed by atoms with E-state index in [-0.39, 0.29) is 17.9 Å². The number of hydrogen-bond donors (Lipinski definition) is 2. The maximum atomic E-state index is 11.9. The standard InChI is InChI=1S/C16H17N3O5/c1-9-4-5-13(19(22)23)7-14(9)18-16(21)15(20)17-8-12-6-10(2)24-11(12)3/h4-7H,8H2,1-3H3,(H,17,20)(H,18,21). The Bertz CT molecular complexity index is 810. The van der Waals surface area contributed by atoms with Gasteiger partial charge in [-0.25, -0.2) is 0 Å². The van der Waals surface area contributed by atoms with Gasteiger partial charge in [-0.1, -0.05) is 6.07 Å². The van der Waals surface area contributed by atoms with E-state index in [2.05, 4.69) is 10.6 Å². The van der Waals surface area contributed by atoms with E-state index < -0.39 is 16.7 Å². The fourth-order valence-electron chi connectivity index (χ4n) is 2.15. The minimum atomic E-state index is -0.892. The highest BCUT2D eigenvalue weighted by molar-refractivity contribution is 6.39. The molecule has 0 bridgehead atoms. The van der Waals surface area contributed by atoms with Gasteiger partial charge in [0, 0.05) is 24.2 Å². The molecule has 1 aromatic heterocycles. The van der Waals surface area contributed by atoms with Crippen LogP contribution >= 0.6 is 0 Å². The number of furan rings is 1. The lowest BCUT2D eigenvalue weighted by atomic mass is 10.2. The maximum absolute atomic E-state index is 11.9. The van der Waals surface area contributed by atoms with Crippen LogP contribution in [0.4, 0.5) is 11.4 Å². The van der Waals surface area contributed by atoms with Crippen molar-refractivity contribution >= 4 is 23.2 Å². The van der Waals surface area contributed by atoms with Gasteiger partial charge in [-0.15, -0.1) is 0 Å². The molecule has 2 rings (SSSR count). The average Bonchev–Trinajstić information content (AvgIpc) is 2.84. The number of nitrogens with one attached hydrogen (secondary N) is 2. The van der Waals surface area contributed by atoms with Crippen molar-refractivity contribution in [2.24, 2.45) is 0 Å². The molecule has 1 aromatic carbocycles. The molecule has 8 heteroatoms. The maximum Gasteiger partial charge on any atom is 0.313 e. The summed E-state index contributed by atoms with van der Waals surface area (Å²) in [5, 5.41) is 15.6. The topological polar surface area (TPSA) is 114 Å². The Morgan fingerprint density at radius 1 is 1.17 bits per heavy atom. The molecule has 0 aliphatic heterocycles. The van der Waals surface area contributed by atoms with E-state index in [0.717, 1.165) is 5.56 Å². The Kier molecular flexibility index (Phi) is 4.98. The first-order valence-electron chi connectivity index (χ1n) is 7.18. The van der Waals surface area contributed by atoms with Crippen LogP contribution in [0, 0.1) is 30.9 Å². The normalized spacial score (nSPS) is 10.3. The number of non-ortho nitro benzene ring substituents is 1. The highest BCUT2D eigenvalue weighted by atomic mass is 16.6. The van der Waals surface area contributed by atoms with Crippen LogP contribution in [0.1, 0.15) is 22.6 Å². The first-order valence-corrected chi connectivity index (χ1v) is 7.18. The van der Waals surface area contributed by atoms with Crippen LogP contribution < -0.4 is 10.6 Å². The van der Waals surface area contributed by atoms with Crippen molar-refractivity contribution in [2.75, 3.05) is 5.32 Å². The van der Waals surface area contributed by atoms with Crippen molar-refractivity contribution in [1.29, 1.82) is 0 Å². The van der Waals surface area contributed by atoms with E-state index in [1.807, 2.05) is 0 Å². The number of rotatable bonds is 4. The predicted octanol–water partition coefficient (Wildman–Crippen LogP) is 2.37. The number of benzene rings is 1. The third kappa shape index (κ3) is 3.97.